The van der Waals surface area contributed by atoms with Gasteiger partial charge in [0.25, 0.3) is 5.56 Å². The van der Waals surface area contributed by atoms with Gasteiger partial charge in [-0.05, 0) is 0 Å². The Morgan fingerprint density at radius 1 is 1.62 bits per heavy atom. The molecule has 1 aromatic heterocycles. The SMILES string of the molecule is COCCN(CCN)c1nc[nH]c(=O)c1Cl. The highest BCUT2D eigenvalue weighted by molar-refractivity contribution is 6.32. The van der Waals surface area contributed by atoms with Crippen molar-refractivity contribution in [1.82, 2.24) is 9.97 Å². The maximum absolute atomic E-state index is 11.3. The number of hydrogen-bond donors (Lipinski definition) is 2. The number of aromatic nitrogens is 2. The van der Waals surface area contributed by atoms with Crippen LogP contribution in [0.2, 0.25) is 5.02 Å². The molecule has 7 heteroatoms. The summed E-state index contributed by atoms with van der Waals surface area (Å²) >= 11 is 5.87. The molecule has 0 radical (unpaired) electrons. The molecule has 90 valence electrons. The third kappa shape index (κ3) is 3.19. The minimum absolute atomic E-state index is 0.0760. The van der Waals surface area contributed by atoms with E-state index in [0.29, 0.717) is 32.1 Å². The number of rotatable bonds is 6. The van der Waals surface area contributed by atoms with Crippen LogP contribution >= 0.6 is 11.6 Å². The van der Waals surface area contributed by atoms with E-state index in [1.807, 2.05) is 4.90 Å². The first kappa shape index (κ1) is 13.0. The highest BCUT2D eigenvalue weighted by atomic mass is 35.5. The lowest BCUT2D eigenvalue weighted by Gasteiger charge is -2.22. The van der Waals surface area contributed by atoms with Crippen LogP contribution in [0.5, 0.6) is 0 Å². The summed E-state index contributed by atoms with van der Waals surface area (Å²) in [5, 5.41) is 0.0760. The van der Waals surface area contributed by atoms with Gasteiger partial charge in [0.05, 0.1) is 12.9 Å². The summed E-state index contributed by atoms with van der Waals surface area (Å²) in [6.07, 6.45) is 1.32. The average Bonchev–Trinajstić information content (AvgIpc) is 2.28. The Balaban J connectivity index is 2.91. The zero-order valence-corrected chi connectivity index (χ0v) is 9.83. The van der Waals surface area contributed by atoms with Gasteiger partial charge in [0.2, 0.25) is 0 Å². The van der Waals surface area contributed by atoms with Crippen LogP contribution in [0, 0.1) is 0 Å². The third-order valence-corrected chi connectivity index (χ3v) is 2.38. The summed E-state index contributed by atoms with van der Waals surface area (Å²) in [4.78, 5) is 19.6. The van der Waals surface area contributed by atoms with E-state index < -0.39 is 0 Å². The van der Waals surface area contributed by atoms with E-state index in [1.165, 1.54) is 6.33 Å². The molecule has 0 aliphatic rings. The molecule has 0 aliphatic carbocycles. The van der Waals surface area contributed by atoms with E-state index in [4.69, 9.17) is 22.1 Å². The Bertz CT molecular complexity index is 382. The first-order chi connectivity index (χ1) is 7.70. The van der Waals surface area contributed by atoms with Crippen LogP contribution in [-0.2, 0) is 4.74 Å². The molecule has 0 saturated heterocycles. The molecular formula is C9H15ClN4O2. The number of methoxy groups -OCH3 is 1. The molecule has 1 rings (SSSR count). The van der Waals surface area contributed by atoms with E-state index in [2.05, 4.69) is 9.97 Å². The van der Waals surface area contributed by atoms with Crippen LogP contribution in [0.4, 0.5) is 5.82 Å². The zero-order chi connectivity index (χ0) is 12.0. The van der Waals surface area contributed by atoms with Crippen molar-refractivity contribution in [2.24, 2.45) is 5.73 Å². The average molecular weight is 247 g/mol. The number of aromatic amines is 1. The third-order valence-electron chi connectivity index (χ3n) is 2.04. The van der Waals surface area contributed by atoms with Gasteiger partial charge in [-0.1, -0.05) is 11.6 Å². The summed E-state index contributed by atoms with van der Waals surface area (Å²) in [6.45, 7) is 2.13. The predicted octanol–water partition coefficient (Wildman–Crippen LogP) is -0.165. The van der Waals surface area contributed by atoms with Gasteiger partial charge in [0, 0.05) is 26.7 Å². The number of nitrogens with zero attached hydrogens (tertiary/aromatic N) is 2. The molecule has 0 amide bonds. The van der Waals surface area contributed by atoms with Crippen molar-refractivity contribution in [3.05, 3.63) is 21.7 Å². The molecule has 1 aromatic rings. The molecule has 0 unspecified atom stereocenters. The van der Waals surface area contributed by atoms with Crippen molar-refractivity contribution in [3.8, 4) is 0 Å². The lowest BCUT2D eigenvalue weighted by molar-refractivity contribution is 0.205. The van der Waals surface area contributed by atoms with Crippen LogP contribution in [0.25, 0.3) is 0 Å². The summed E-state index contributed by atoms with van der Waals surface area (Å²) in [7, 11) is 1.60. The van der Waals surface area contributed by atoms with Crippen LogP contribution in [0.15, 0.2) is 11.1 Å². The second-order valence-electron chi connectivity index (χ2n) is 3.14. The smallest absolute Gasteiger partial charge is 0.271 e. The first-order valence-electron chi connectivity index (χ1n) is 4.87. The minimum atomic E-state index is -0.355. The Morgan fingerprint density at radius 2 is 2.38 bits per heavy atom. The van der Waals surface area contributed by atoms with E-state index in [0.717, 1.165) is 0 Å². The van der Waals surface area contributed by atoms with Gasteiger partial charge in [-0.2, -0.15) is 0 Å². The van der Waals surface area contributed by atoms with Gasteiger partial charge < -0.3 is 20.4 Å². The molecule has 0 spiro atoms. The molecule has 0 bridgehead atoms. The van der Waals surface area contributed by atoms with Crippen molar-refractivity contribution < 1.29 is 4.74 Å². The van der Waals surface area contributed by atoms with Crippen molar-refractivity contribution in [2.75, 3.05) is 38.3 Å². The van der Waals surface area contributed by atoms with E-state index in [9.17, 15) is 4.79 Å². The quantitative estimate of drug-likeness (QED) is 0.728. The minimum Gasteiger partial charge on any atom is -0.383 e. The van der Waals surface area contributed by atoms with E-state index >= 15 is 0 Å². The lowest BCUT2D eigenvalue weighted by atomic mass is 10.4. The molecular weight excluding hydrogens is 232 g/mol. The Morgan fingerprint density at radius 3 is 3.00 bits per heavy atom. The lowest BCUT2D eigenvalue weighted by Crippen LogP contribution is -2.34. The van der Waals surface area contributed by atoms with Crippen LogP contribution in [0.3, 0.4) is 0 Å². The first-order valence-corrected chi connectivity index (χ1v) is 5.25. The van der Waals surface area contributed by atoms with E-state index in [-0.39, 0.29) is 10.6 Å². The van der Waals surface area contributed by atoms with Gasteiger partial charge in [-0.25, -0.2) is 4.98 Å². The number of anilines is 1. The molecule has 0 aromatic carbocycles. The molecule has 1 heterocycles. The van der Waals surface area contributed by atoms with Gasteiger partial charge in [-0.15, -0.1) is 0 Å². The number of halogens is 1. The molecule has 0 atom stereocenters. The second kappa shape index (κ2) is 6.47. The van der Waals surface area contributed by atoms with Crippen LogP contribution in [-0.4, -0.2) is 43.3 Å². The van der Waals surface area contributed by atoms with Crippen LogP contribution < -0.4 is 16.2 Å². The van der Waals surface area contributed by atoms with Gasteiger partial charge in [0.1, 0.15) is 5.02 Å². The van der Waals surface area contributed by atoms with Crippen molar-refractivity contribution in [1.29, 1.82) is 0 Å². The molecule has 6 nitrogen and oxygen atoms in total. The number of nitrogens with one attached hydrogen (secondary N) is 1. The monoisotopic (exact) mass is 246 g/mol. The Hall–Kier alpha value is -1.11. The number of hydrogen-bond acceptors (Lipinski definition) is 5. The standard InChI is InChI=1S/C9H15ClN4O2/c1-16-5-4-14(3-2-11)8-7(10)9(15)13-6-12-8/h6H,2-5,11H2,1H3,(H,12,13,15). The molecule has 0 aliphatic heterocycles. The number of H-pyrrole nitrogens is 1. The molecule has 0 saturated carbocycles. The fraction of sp³-hybridized carbons (Fsp3) is 0.556. The summed E-state index contributed by atoms with van der Waals surface area (Å²) in [5.41, 5.74) is 5.13. The van der Waals surface area contributed by atoms with Crippen molar-refractivity contribution in [3.63, 3.8) is 0 Å². The highest BCUT2D eigenvalue weighted by Gasteiger charge is 2.13. The maximum atomic E-state index is 11.3. The highest BCUT2D eigenvalue weighted by Crippen LogP contribution is 2.17. The van der Waals surface area contributed by atoms with Gasteiger partial charge in [0.15, 0.2) is 5.82 Å². The zero-order valence-electron chi connectivity index (χ0n) is 9.07. The maximum Gasteiger partial charge on any atom is 0.271 e. The summed E-state index contributed by atoms with van der Waals surface area (Å²) in [6, 6.07) is 0. The number of ether oxygens (including phenoxy) is 1. The Labute approximate surface area is 98.4 Å². The predicted molar refractivity (Wildman–Crippen MR) is 63.0 cm³/mol. The normalized spacial score (nSPS) is 10.4. The molecule has 3 N–H and O–H groups in total. The van der Waals surface area contributed by atoms with Gasteiger partial charge in [-0.3, -0.25) is 4.79 Å². The van der Waals surface area contributed by atoms with Gasteiger partial charge >= 0.3 is 0 Å². The fourth-order valence-corrected chi connectivity index (χ4v) is 1.50. The largest absolute Gasteiger partial charge is 0.383 e. The van der Waals surface area contributed by atoms with E-state index in [1.54, 1.807) is 7.11 Å². The summed E-state index contributed by atoms with van der Waals surface area (Å²) < 4.78 is 4.97. The second-order valence-corrected chi connectivity index (χ2v) is 3.52. The molecule has 0 fully saturated rings. The van der Waals surface area contributed by atoms with Crippen molar-refractivity contribution >= 4 is 17.4 Å². The summed E-state index contributed by atoms with van der Waals surface area (Å²) in [5.74, 6) is 0.438. The number of nitrogens with two attached hydrogens (primary N) is 1. The van der Waals surface area contributed by atoms with Crippen LogP contribution in [0.1, 0.15) is 0 Å². The van der Waals surface area contributed by atoms with Crippen molar-refractivity contribution in [2.45, 2.75) is 0 Å². The fourth-order valence-electron chi connectivity index (χ4n) is 1.28. The molecule has 16 heavy (non-hydrogen) atoms. The topological polar surface area (TPSA) is 84.2 Å². The Kier molecular flexibility index (Phi) is 5.24.